The van der Waals surface area contributed by atoms with Crippen LogP contribution in [0.15, 0.2) is 60.7 Å². The third-order valence-corrected chi connectivity index (χ3v) is 8.57. The van der Waals surface area contributed by atoms with Crippen molar-refractivity contribution in [2.75, 3.05) is 32.5 Å². The lowest BCUT2D eigenvalue weighted by Gasteiger charge is -2.38. The van der Waals surface area contributed by atoms with E-state index in [4.69, 9.17) is 9.84 Å². The molecule has 2 aromatic carbocycles. The van der Waals surface area contributed by atoms with E-state index >= 15 is 0 Å². The van der Waals surface area contributed by atoms with Gasteiger partial charge in [-0.1, -0.05) is 81.4 Å². The SMILES string of the molecule is CC(C)(C)CC(C)(C)[NH+](CCOCCO)C(=O)CP(=O)(c1ccccc1)c1ccccc1. The Morgan fingerprint density at radius 1 is 0.906 bits per heavy atom. The number of carbonyl (C=O) groups is 1. The maximum absolute atomic E-state index is 14.4. The number of hydrogen-bond donors (Lipinski definition) is 2. The first-order valence-electron chi connectivity index (χ1n) is 11.3. The molecule has 2 aromatic rings. The Hall–Kier alpha value is -1.78. The number of hydrogen-bond acceptors (Lipinski definition) is 4. The summed E-state index contributed by atoms with van der Waals surface area (Å²) in [6, 6.07) is 18.7. The highest BCUT2D eigenvalue weighted by molar-refractivity contribution is 7.79. The molecule has 0 aliphatic carbocycles. The van der Waals surface area contributed by atoms with E-state index in [-0.39, 0.29) is 36.2 Å². The minimum Gasteiger partial charge on any atom is -0.394 e. The smallest absolute Gasteiger partial charge is 0.320 e. The van der Waals surface area contributed by atoms with Crippen molar-refractivity contribution in [1.82, 2.24) is 0 Å². The normalized spacial score (nSPS) is 13.7. The van der Waals surface area contributed by atoms with Gasteiger partial charge in [0.15, 0.2) is 7.14 Å². The zero-order valence-corrected chi connectivity index (χ0v) is 21.0. The molecule has 0 radical (unpaired) electrons. The highest BCUT2D eigenvalue weighted by Gasteiger charge is 2.42. The van der Waals surface area contributed by atoms with Gasteiger partial charge in [-0.3, -0.25) is 4.90 Å². The number of ether oxygens (including phenoxy) is 1. The third kappa shape index (κ3) is 7.38. The monoisotopic (exact) mass is 460 g/mol. The van der Waals surface area contributed by atoms with Crippen molar-refractivity contribution in [2.24, 2.45) is 5.41 Å². The van der Waals surface area contributed by atoms with Crippen LogP contribution < -0.4 is 15.5 Å². The van der Waals surface area contributed by atoms with Gasteiger partial charge in [0, 0.05) is 17.0 Å². The van der Waals surface area contributed by atoms with Crippen LogP contribution in [0, 0.1) is 5.41 Å². The van der Waals surface area contributed by atoms with Crippen LogP contribution in [-0.2, 0) is 14.1 Å². The summed E-state index contributed by atoms with van der Waals surface area (Å²) in [5.74, 6) is -0.0668. The summed E-state index contributed by atoms with van der Waals surface area (Å²) in [6.45, 7) is 11.7. The van der Waals surface area contributed by atoms with E-state index in [9.17, 15) is 9.36 Å². The number of aliphatic hydroxyl groups is 1. The summed E-state index contributed by atoms with van der Waals surface area (Å²) in [5, 5.41) is 10.4. The minimum atomic E-state index is -3.15. The molecule has 0 bridgehead atoms. The summed E-state index contributed by atoms with van der Waals surface area (Å²) < 4.78 is 19.9. The molecule has 6 heteroatoms. The zero-order chi connectivity index (χ0) is 23.8. The summed E-state index contributed by atoms with van der Waals surface area (Å²) in [6.07, 6.45) is 0.784. The van der Waals surface area contributed by atoms with Gasteiger partial charge in [-0.2, -0.15) is 0 Å². The second-order valence-corrected chi connectivity index (χ2v) is 13.0. The van der Waals surface area contributed by atoms with E-state index < -0.39 is 7.14 Å². The van der Waals surface area contributed by atoms with Crippen LogP contribution in [0.4, 0.5) is 0 Å². The van der Waals surface area contributed by atoms with E-state index in [0.717, 1.165) is 11.3 Å². The number of rotatable bonds is 11. The van der Waals surface area contributed by atoms with Crippen molar-refractivity contribution in [3.05, 3.63) is 60.7 Å². The van der Waals surface area contributed by atoms with E-state index in [0.29, 0.717) is 23.8 Å². The molecule has 0 aliphatic heterocycles. The summed E-state index contributed by atoms with van der Waals surface area (Å²) in [7, 11) is -3.15. The van der Waals surface area contributed by atoms with Crippen molar-refractivity contribution in [3.63, 3.8) is 0 Å². The topological polar surface area (TPSA) is 68.0 Å². The molecule has 1 atom stereocenters. The molecule has 0 aliphatic rings. The maximum Gasteiger partial charge on any atom is 0.320 e. The van der Waals surface area contributed by atoms with Crippen molar-refractivity contribution in [1.29, 1.82) is 0 Å². The molecule has 0 saturated carbocycles. The Balaban J connectivity index is 2.40. The van der Waals surface area contributed by atoms with Gasteiger partial charge in [-0.15, -0.1) is 0 Å². The van der Waals surface area contributed by atoms with Crippen molar-refractivity contribution < 1.29 is 24.1 Å². The van der Waals surface area contributed by atoms with Crippen LogP contribution >= 0.6 is 7.14 Å². The van der Waals surface area contributed by atoms with E-state index in [1.54, 1.807) is 0 Å². The maximum atomic E-state index is 14.4. The van der Waals surface area contributed by atoms with Gasteiger partial charge >= 0.3 is 5.91 Å². The van der Waals surface area contributed by atoms with Gasteiger partial charge in [-0.25, -0.2) is 4.79 Å². The van der Waals surface area contributed by atoms with Crippen LogP contribution in [-0.4, -0.2) is 49.1 Å². The molecule has 32 heavy (non-hydrogen) atoms. The lowest BCUT2D eigenvalue weighted by Crippen LogP contribution is -3.22. The molecule has 176 valence electrons. The quantitative estimate of drug-likeness (QED) is 0.400. The van der Waals surface area contributed by atoms with E-state index in [2.05, 4.69) is 34.6 Å². The molecule has 0 heterocycles. The average molecular weight is 461 g/mol. The molecule has 1 amide bonds. The highest BCUT2D eigenvalue weighted by Crippen LogP contribution is 2.42. The lowest BCUT2D eigenvalue weighted by atomic mass is 9.80. The lowest BCUT2D eigenvalue weighted by molar-refractivity contribution is -0.875. The largest absolute Gasteiger partial charge is 0.394 e. The number of aliphatic hydroxyl groups excluding tert-OH is 1. The molecule has 2 rings (SSSR count). The Kier molecular flexibility index (Phi) is 9.41. The number of benzene rings is 2. The van der Waals surface area contributed by atoms with Crippen molar-refractivity contribution in [2.45, 2.75) is 46.6 Å². The van der Waals surface area contributed by atoms with Gasteiger partial charge in [-0.05, 0) is 19.3 Å². The first-order chi connectivity index (χ1) is 15.0. The van der Waals surface area contributed by atoms with Crippen molar-refractivity contribution in [3.8, 4) is 0 Å². The Labute approximate surface area is 193 Å². The Morgan fingerprint density at radius 2 is 1.41 bits per heavy atom. The molecular weight excluding hydrogens is 421 g/mol. The number of amides is 1. The predicted molar refractivity (Wildman–Crippen MR) is 132 cm³/mol. The summed E-state index contributed by atoms with van der Waals surface area (Å²) >= 11 is 0. The molecule has 2 N–H and O–H groups in total. The minimum absolute atomic E-state index is 0.0313. The van der Waals surface area contributed by atoms with Crippen LogP contribution in [0.25, 0.3) is 0 Å². The molecular formula is C26H39NO4P+. The molecule has 0 aromatic heterocycles. The van der Waals surface area contributed by atoms with Gasteiger partial charge in [0.2, 0.25) is 0 Å². The first kappa shape index (κ1) is 26.5. The molecule has 0 saturated heterocycles. The van der Waals surface area contributed by atoms with Crippen LogP contribution in [0.2, 0.25) is 0 Å². The van der Waals surface area contributed by atoms with Gasteiger partial charge in [0.1, 0.15) is 12.7 Å². The standard InChI is InChI=1S/C26H38NO4P/c1-25(2,3)21-26(4,5)27(16-18-31-19-17-28)24(29)20-32(30,22-12-8-6-9-13-22)23-14-10-7-11-15-23/h6-15,28H,16-21H2,1-5H3/p+1. The third-order valence-electron chi connectivity index (χ3n) is 5.57. The molecule has 0 fully saturated rings. The number of quaternary nitrogens is 1. The van der Waals surface area contributed by atoms with Crippen molar-refractivity contribution >= 4 is 23.7 Å². The highest BCUT2D eigenvalue weighted by atomic mass is 31.2. The summed E-state index contributed by atoms with van der Waals surface area (Å²) in [5.41, 5.74) is -0.334. The van der Waals surface area contributed by atoms with Crippen LogP contribution in [0.3, 0.4) is 0 Å². The van der Waals surface area contributed by atoms with Crippen LogP contribution in [0.1, 0.15) is 41.0 Å². The second kappa shape index (κ2) is 11.4. The van der Waals surface area contributed by atoms with E-state index in [1.807, 2.05) is 60.7 Å². The van der Waals surface area contributed by atoms with Gasteiger partial charge in [0.25, 0.3) is 0 Å². The Morgan fingerprint density at radius 3 is 1.84 bits per heavy atom. The van der Waals surface area contributed by atoms with E-state index in [1.165, 1.54) is 0 Å². The molecule has 0 spiro atoms. The second-order valence-electron chi connectivity index (χ2n) is 10.2. The summed E-state index contributed by atoms with van der Waals surface area (Å²) in [4.78, 5) is 14.5. The average Bonchev–Trinajstić information content (AvgIpc) is 2.73. The predicted octanol–water partition coefficient (Wildman–Crippen LogP) is 2.64. The number of nitrogens with one attached hydrogen (secondary N) is 1. The number of carbonyl (C=O) groups excluding carboxylic acids is 1. The zero-order valence-electron chi connectivity index (χ0n) is 20.1. The fourth-order valence-corrected chi connectivity index (χ4v) is 7.16. The fraction of sp³-hybridized carbons (Fsp3) is 0.500. The first-order valence-corrected chi connectivity index (χ1v) is 13.2. The molecule has 1 unspecified atom stereocenters. The van der Waals surface area contributed by atoms with Gasteiger partial charge < -0.3 is 14.4 Å². The van der Waals surface area contributed by atoms with Gasteiger partial charge in [0.05, 0.1) is 25.4 Å². The van der Waals surface area contributed by atoms with Crippen LogP contribution in [0.5, 0.6) is 0 Å². The fourth-order valence-electron chi connectivity index (χ4n) is 4.60. The Bertz CT molecular complexity index is 848. The molecule has 5 nitrogen and oxygen atoms in total.